The summed E-state index contributed by atoms with van der Waals surface area (Å²) in [6, 6.07) is -12.6. The summed E-state index contributed by atoms with van der Waals surface area (Å²) in [5.41, 5.74) is 26.5. The van der Waals surface area contributed by atoms with E-state index in [0.29, 0.717) is 0 Å². The van der Waals surface area contributed by atoms with Crippen molar-refractivity contribution in [2.24, 2.45) is 33.7 Å². The first kappa shape index (κ1) is 60.1. The number of thiol groups is 1. The molecule has 69 heavy (non-hydrogen) atoms. The number of likely N-dealkylation sites (tertiary alicyclic amines) is 1. The Labute approximate surface area is 399 Å². The summed E-state index contributed by atoms with van der Waals surface area (Å²) < 4.78 is 0. The molecule has 0 saturated carbocycles. The molecule has 0 radical (unpaired) electrons. The van der Waals surface area contributed by atoms with E-state index < -0.39 is 164 Å². The molecule has 0 bridgehead atoms. The van der Waals surface area contributed by atoms with Crippen molar-refractivity contribution in [3.05, 3.63) is 0 Å². The van der Waals surface area contributed by atoms with E-state index in [1.54, 1.807) is 0 Å². The van der Waals surface area contributed by atoms with Gasteiger partial charge in [-0.3, -0.25) is 62.5 Å². The van der Waals surface area contributed by atoms with Crippen molar-refractivity contribution < 1.29 is 78.0 Å². The largest absolute Gasteiger partial charge is 0.481 e. The summed E-state index contributed by atoms with van der Waals surface area (Å²) in [5, 5.41) is 56.8. The van der Waals surface area contributed by atoms with Crippen LogP contribution in [-0.4, -0.2) is 201 Å². The molecule has 1 heterocycles. The fourth-order valence-corrected chi connectivity index (χ4v) is 6.50. The van der Waals surface area contributed by atoms with Crippen molar-refractivity contribution in [1.29, 1.82) is 0 Å². The molecule has 1 saturated heterocycles. The van der Waals surface area contributed by atoms with Gasteiger partial charge >= 0.3 is 5.97 Å². The van der Waals surface area contributed by atoms with Gasteiger partial charge in [-0.05, 0) is 39.5 Å². The van der Waals surface area contributed by atoms with Crippen LogP contribution in [0.3, 0.4) is 0 Å². The number of carbonyl (C=O) groups is 12. The predicted octanol–water partition coefficient (Wildman–Crippen LogP) is -11.0. The minimum absolute atomic E-state index is 0.0161. The average Bonchev–Trinajstić information content (AvgIpc) is 3.77. The van der Waals surface area contributed by atoms with Crippen molar-refractivity contribution in [3.8, 4) is 0 Å². The van der Waals surface area contributed by atoms with Crippen LogP contribution in [0.5, 0.6) is 0 Å². The number of aliphatic imine (C=N–C) groups is 1. The van der Waals surface area contributed by atoms with Crippen LogP contribution in [0, 0.1) is 0 Å². The Morgan fingerprint density at radius 1 is 0.696 bits per heavy atom. The second-order valence-corrected chi connectivity index (χ2v) is 15.9. The summed E-state index contributed by atoms with van der Waals surface area (Å²) in [4.78, 5) is 157. The molecular formula is C37H63N15O16S. The molecule has 0 spiro atoms. The van der Waals surface area contributed by atoms with Gasteiger partial charge < -0.3 is 96.5 Å². The number of carboxylic acids is 1. The molecule has 0 aromatic heterocycles. The number of hydrogen-bond donors (Lipinski definition) is 18. The summed E-state index contributed by atoms with van der Waals surface area (Å²) in [5.74, 6) is -13.5. The lowest BCUT2D eigenvalue weighted by Gasteiger charge is -2.31. The summed E-state index contributed by atoms with van der Waals surface area (Å²) in [7, 11) is 0. The van der Waals surface area contributed by atoms with Crippen LogP contribution in [0.1, 0.15) is 52.4 Å². The highest BCUT2D eigenvalue weighted by Crippen LogP contribution is 2.20. The van der Waals surface area contributed by atoms with Gasteiger partial charge in [0.15, 0.2) is 5.96 Å². The lowest BCUT2D eigenvalue weighted by molar-refractivity contribution is -0.144. The fraction of sp³-hybridized carbons (Fsp3) is 0.649. The van der Waals surface area contributed by atoms with Crippen molar-refractivity contribution in [1.82, 2.24) is 47.4 Å². The monoisotopic (exact) mass is 1010 g/mol. The molecular weight excluding hydrogens is 943 g/mol. The molecule has 31 nitrogen and oxygen atoms in total. The molecule has 1 aliphatic rings. The molecule has 0 unspecified atom stereocenters. The normalized spacial score (nSPS) is 17.0. The Morgan fingerprint density at radius 3 is 1.77 bits per heavy atom. The Morgan fingerprint density at radius 2 is 1.25 bits per heavy atom. The van der Waals surface area contributed by atoms with E-state index in [-0.39, 0.29) is 50.5 Å². The maximum Gasteiger partial charge on any atom is 0.305 e. The summed E-state index contributed by atoms with van der Waals surface area (Å²) in [6.07, 6.45) is -4.77. The smallest absolute Gasteiger partial charge is 0.305 e. The fourth-order valence-electron chi connectivity index (χ4n) is 6.25. The molecule has 0 aromatic carbocycles. The van der Waals surface area contributed by atoms with E-state index >= 15 is 0 Å². The maximum absolute atomic E-state index is 13.9. The van der Waals surface area contributed by atoms with Crippen LogP contribution in [-0.2, 0) is 57.5 Å². The second kappa shape index (κ2) is 29.8. The number of aliphatic hydroxyl groups is 3. The minimum Gasteiger partial charge on any atom is -0.481 e. The number of carbonyl (C=O) groups excluding carboxylic acids is 11. The minimum atomic E-state index is -1.88. The number of aliphatic carboxylic acids is 1. The van der Waals surface area contributed by atoms with Gasteiger partial charge in [-0.2, -0.15) is 12.6 Å². The van der Waals surface area contributed by atoms with Crippen LogP contribution in [0.2, 0.25) is 0 Å². The first-order valence-electron chi connectivity index (χ1n) is 21.1. The van der Waals surface area contributed by atoms with E-state index in [0.717, 1.165) is 18.7 Å². The SMILES string of the molecule is C[C@@H](O)[C@H](NC(=O)[C@H](CS)NC(=O)[C@@H](N)CO)C(=O)N[C@@H](CC(N)=O)C(=O)N[C@H](C(=O)N1CCC[C@H]1C(=O)NCC(=O)N[C@@H](CCCN=C(N)N)C(=O)NCC(=O)N[C@@H](CC(=O)O)C(N)=O)[C@@H](C)O. The Kier molecular flexibility index (Phi) is 25.9. The van der Waals surface area contributed by atoms with Gasteiger partial charge in [0.05, 0.1) is 44.7 Å². The van der Waals surface area contributed by atoms with Crippen LogP contribution >= 0.6 is 12.6 Å². The van der Waals surface area contributed by atoms with Crippen LogP contribution in [0.4, 0.5) is 0 Å². The van der Waals surface area contributed by atoms with Gasteiger partial charge in [-0.1, -0.05) is 0 Å². The number of nitrogens with zero attached hydrogens (tertiary/aromatic N) is 2. The van der Waals surface area contributed by atoms with Gasteiger partial charge in [-0.25, -0.2) is 0 Å². The van der Waals surface area contributed by atoms with Gasteiger partial charge in [0.2, 0.25) is 65.0 Å². The topological polar surface area (TPSA) is 528 Å². The molecule has 388 valence electrons. The van der Waals surface area contributed by atoms with Crippen molar-refractivity contribution >= 4 is 89.5 Å². The van der Waals surface area contributed by atoms with Crippen LogP contribution in [0.25, 0.3) is 0 Å². The van der Waals surface area contributed by atoms with E-state index in [1.165, 1.54) is 0 Å². The van der Waals surface area contributed by atoms with Crippen molar-refractivity contribution in [2.75, 3.05) is 38.5 Å². The summed E-state index contributed by atoms with van der Waals surface area (Å²) in [6.45, 7) is -0.166. The number of nitrogens with two attached hydrogens (primary N) is 5. The number of guanidine groups is 1. The Balaban J connectivity index is 3.12. The van der Waals surface area contributed by atoms with Gasteiger partial charge in [-0.15, -0.1) is 0 Å². The summed E-state index contributed by atoms with van der Waals surface area (Å²) >= 11 is 3.98. The van der Waals surface area contributed by atoms with Crippen LogP contribution < -0.4 is 71.2 Å². The van der Waals surface area contributed by atoms with E-state index in [9.17, 15) is 67.7 Å². The Hall–Kier alpha value is -6.90. The number of amides is 11. The third kappa shape index (κ3) is 21.3. The standard InChI is InChI=1S/C37H63N15O16S/c1-15(54)27(50-33(65)21(14-69)49-30(62)17(38)13-53)35(67)48-20(9-23(39)56)32(64)51-28(16(2)55)36(68)52-8-4-6-22(52)34(66)45-12-24(57)46-18(5-3-7-43-37(41)42)31(63)44-11-25(58)47-19(29(40)61)10-26(59)60/h15-22,27-28,53-55,69H,3-14,38H2,1-2H3,(H2,39,56)(H2,40,61)(H,44,63)(H,45,66)(H,46,57)(H,47,58)(H,48,67)(H,49,62)(H,50,65)(H,51,64)(H,59,60)(H4,41,42,43)/t15-,16-,17+,18+,19+,20+,21+,22+,27+,28+/m1/s1. The molecule has 1 aliphatic heterocycles. The van der Waals surface area contributed by atoms with E-state index in [4.69, 9.17) is 38.9 Å². The predicted molar refractivity (Wildman–Crippen MR) is 240 cm³/mol. The third-order valence-corrected chi connectivity index (χ3v) is 10.2. The maximum atomic E-state index is 13.9. The number of aliphatic hydroxyl groups excluding tert-OH is 3. The lowest BCUT2D eigenvalue weighted by atomic mass is 10.1. The zero-order chi connectivity index (χ0) is 52.7. The first-order chi connectivity index (χ1) is 32.2. The molecule has 1 fully saturated rings. The second-order valence-electron chi connectivity index (χ2n) is 15.5. The highest BCUT2D eigenvalue weighted by Gasteiger charge is 2.41. The van der Waals surface area contributed by atoms with Gasteiger partial charge in [0.1, 0.15) is 48.3 Å². The average molecular weight is 1010 g/mol. The molecule has 11 amide bonds. The van der Waals surface area contributed by atoms with E-state index in [1.807, 2.05) is 0 Å². The van der Waals surface area contributed by atoms with Crippen LogP contribution in [0.15, 0.2) is 4.99 Å². The number of primary amides is 2. The zero-order valence-corrected chi connectivity index (χ0v) is 38.6. The number of carboxylic acid groups (broad SMARTS) is 1. The molecule has 10 atom stereocenters. The quantitative estimate of drug-likeness (QED) is 0.0137. The zero-order valence-electron chi connectivity index (χ0n) is 37.7. The van der Waals surface area contributed by atoms with Gasteiger partial charge in [0, 0.05) is 18.8 Å². The molecule has 32 heteroatoms. The van der Waals surface area contributed by atoms with Crippen molar-refractivity contribution in [2.45, 2.75) is 113 Å². The van der Waals surface area contributed by atoms with E-state index in [2.05, 4.69) is 60.2 Å². The highest BCUT2D eigenvalue weighted by molar-refractivity contribution is 7.80. The van der Waals surface area contributed by atoms with Crippen molar-refractivity contribution in [3.63, 3.8) is 0 Å². The number of rotatable bonds is 30. The molecule has 1 rings (SSSR count). The Bertz CT molecular complexity index is 1920. The van der Waals surface area contributed by atoms with Gasteiger partial charge in [0.25, 0.3) is 0 Å². The number of hydrogen-bond acceptors (Lipinski definition) is 18. The highest BCUT2D eigenvalue weighted by atomic mass is 32.1. The third-order valence-electron chi connectivity index (χ3n) is 9.84. The number of nitrogens with one attached hydrogen (secondary N) is 8. The molecule has 0 aliphatic carbocycles. The lowest BCUT2D eigenvalue weighted by Crippen LogP contribution is -2.63. The molecule has 22 N–H and O–H groups in total. The first-order valence-corrected chi connectivity index (χ1v) is 21.7. The molecule has 0 aromatic rings.